The van der Waals surface area contributed by atoms with E-state index in [4.69, 9.17) is 35.2 Å². The fraction of sp³-hybridized carbons (Fsp3) is 0.609. The second-order valence-electron chi connectivity index (χ2n) is 16.3. The number of nitrogens with one attached hydrogen (secondary N) is 3. The minimum atomic E-state index is -1.08. The molecule has 0 radical (unpaired) electrons. The maximum Gasteiger partial charge on any atom is 0.329 e. The average molecular weight is 956 g/mol. The summed E-state index contributed by atoms with van der Waals surface area (Å²) in [6.07, 6.45) is 3.29. The van der Waals surface area contributed by atoms with Gasteiger partial charge in [0.2, 0.25) is 23.7 Å². The highest BCUT2D eigenvalue weighted by atomic mass is 16.6. The second kappa shape index (κ2) is 31.7. The molecule has 1 aromatic carbocycles. The number of aromatic nitrogens is 4. The molecule has 3 aromatic rings. The lowest BCUT2D eigenvalue weighted by Gasteiger charge is -2.25. The van der Waals surface area contributed by atoms with E-state index in [0.29, 0.717) is 101 Å². The van der Waals surface area contributed by atoms with Gasteiger partial charge in [-0.2, -0.15) is 9.97 Å². The molecule has 0 spiro atoms. The topological polar surface area (TPSA) is 295 Å². The molecule has 3 rings (SSSR count). The van der Waals surface area contributed by atoms with E-state index in [1.165, 1.54) is 0 Å². The van der Waals surface area contributed by atoms with Crippen molar-refractivity contribution in [3.8, 4) is 0 Å². The summed E-state index contributed by atoms with van der Waals surface area (Å²) >= 11 is 0. The molecule has 2 aromatic heterocycles. The van der Waals surface area contributed by atoms with Crippen LogP contribution in [-0.4, -0.2) is 152 Å². The van der Waals surface area contributed by atoms with Crippen LogP contribution in [0.1, 0.15) is 103 Å². The van der Waals surface area contributed by atoms with Gasteiger partial charge in [-0.1, -0.05) is 6.92 Å². The van der Waals surface area contributed by atoms with Crippen molar-refractivity contribution in [3.05, 3.63) is 41.7 Å². The van der Waals surface area contributed by atoms with Crippen molar-refractivity contribution in [2.24, 2.45) is 0 Å². The second-order valence-corrected chi connectivity index (χ2v) is 16.3. The van der Waals surface area contributed by atoms with Crippen LogP contribution in [0, 0.1) is 0 Å². The number of hydrogen-bond donors (Lipinski definition) is 5. The number of carbonyl (C=O) groups excluding carboxylic acids is 6. The van der Waals surface area contributed by atoms with Gasteiger partial charge in [-0.3, -0.25) is 24.0 Å². The number of rotatable bonds is 29. The first-order valence-electron chi connectivity index (χ1n) is 22.9. The first kappa shape index (κ1) is 57.9. The van der Waals surface area contributed by atoms with E-state index in [1.807, 2.05) is 25.8 Å². The monoisotopic (exact) mass is 956 g/mol. The Morgan fingerprint density at radius 1 is 0.809 bits per heavy atom. The number of amides is 4. The van der Waals surface area contributed by atoms with Crippen molar-refractivity contribution in [2.45, 2.75) is 105 Å². The van der Waals surface area contributed by atoms with Crippen LogP contribution in [-0.2, 0) is 54.2 Å². The number of anilines is 3. The first-order chi connectivity index (χ1) is 32.4. The van der Waals surface area contributed by atoms with E-state index in [0.717, 1.165) is 12.1 Å². The molecule has 0 aliphatic heterocycles. The largest absolute Gasteiger partial charge is 0.466 e. The Hall–Kier alpha value is -6.26. The minimum Gasteiger partial charge on any atom is -0.466 e. The summed E-state index contributed by atoms with van der Waals surface area (Å²) in [5.41, 5.74) is 13.1. The molecular weight excluding hydrogens is 883 g/mol. The zero-order valence-corrected chi connectivity index (χ0v) is 41.0. The zero-order valence-electron chi connectivity index (χ0n) is 41.0. The molecule has 1 atom stereocenters. The summed E-state index contributed by atoms with van der Waals surface area (Å²) in [4.78, 5) is 94.7. The van der Waals surface area contributed by atoms with E-state index in [1.54, 1.807) is 70.2 Å². The van der Waals surface area contributed by atoms with Gasteiger partial charge >= 0.3 is 11.9 Å². The Balaban J connectivity index is 0.000000904. The van der Waals surface area contributed by atoms with E-state index < -0.39 is 29.5 Å². The summed E-state index contributed by atoms with van der Waals surface area (Å²) < 4.78 is 25.6. The van der Waals surface area contributed by atoms with E-state index in [2.05, 4.69) is 35.9 Å². The van der Waals surface area contributed by atoms with Gasteiger partial charge in [0, 0.05) is 70.8 Å². The van der Waals surface area contributed by atoms with Crippen LogP contribution in [0.25, 0.3) is 11.2 Å². The third-order valence-electron chi connectivity index (χ3n) is 9.40. The van der Waals surface area contributed by atoms with E-state index >= 15 is 0 Å². The van der Waals surface area contributed by atoms with Crippen molar-refractivity contribution in [3.63, 3.8) is 0 Å². The third-order valence-corrected chi connectivity index (χ3v) is 9.40. The van der Waals surface area contributed by atoms with Crippen LogP contribution in [0.2, 0.25) is 0 Å². The third kappa shape index (κ3) is 23.5. The maximum absolute atomic E-state index is 13.3. The number of hydrogen-bond acceptors (Lipinski definition) is 18. The molecule has 7 N–H and O–H groups in total. The summed E-state index contributed by atoms with van der Waals surface area (Å²) in [7, 11) is 3.48. The van der Waals surface area contributed by atoms with Crippen molar-refractivity contribution in [2.75, 3.05) is 96.3 Å². The predicted molar refractivity (Wildman–Crippen MR) is 256 cm³/mol. The average Bonchev–Trinajstić information content (AvgIpc) is 3.28. The summed E-state index contributed by atoms with van der Waals surface area (Å²) in [5.74, 6) is -1.86. The van der Waals surface area contributed by atoms with Gasteiger partial charge in [0.25, 0.3) is 5.91 Å². The van der Waals surface area contributed by atoms with E-state index in [-0.39, 0.29) is 61.8 Å². The Kier molecular flexibility index (Phi) is 26.9. The molecule has 378 valence electrons. The molecule has 22 heteroatoms. The number of esters is 2. The van der Waals surface area contributed by atoms with Gasteiger partial charge in [0.05, 0.1) is 64.5 Å². The number of ether oxygens (including phenoxy) is 5. The maximum atomic E-state index is 13.3. The van der Waals surface area contributed by atoms with Crippen molar-refractivity contribution in [1.29, 1.82) is 0 Å². The highest BCUT2D eigenvalue weighted by Gasteiger charge is 2.28. The lowest BCUT2D eigenvalue weighted by molar-refractivity contribution is -0.157. The van der Waals surface area contributed by atoms with Crippen molar-refractivity contribution < 1.29 is 52.5 Å². The number of benzene rings is 1. The van der Waals surface area contributed by atoms with Crippen LogP contribution >= 0.6 is 0 Å². The fourth-order valence-corrected chi connectivity index (χ4v) is 6.13. The Labute approximate surface area is 399 Å². The molecule has 22 nitrogen and oxygen atoms in total. The number of nitrogens with zero attached hydrogens (tertiary/aromatic N) is 6. The predicted octanol–water partition coefficient (Wildman–Crippen LogP) is 2.72. The number of nitrogen functional groups attached to an aromatic ring is 2. The minimum absolute atomic E-state index is 0.0105. The van der Waals surface area contributed by atoms with Crippen molar-refractivity contribution in [1.82, 2.24) is 40.8 Å². The van der Waals surface area contributed by atoms with Crippen LogP contribution in [0.15, 0.2) is 30.5 Å². The van der Waals surface area contributed by atoms with Gasteiger partial charge < -0.3 is 60.9 Å². The van der Waals surface area contributed by atoms with Gasteiger partial charge in [0.1, 0.15) is 11.6 Å². The Morgan fingerprint density at radius 3 is 2.13 bits per heavy atom. The lowest BCUT2D eigenvalue weighted by Crippen LogP contribution is -2.45. The quantitative estimate of drug-likeness (QED) is 0.0494. The number of nitrogens with two attached hydrogens (primary N) is 2. The molecule has 0 saturated carbocycles. The van der Waals surface area contributed by atoms with Crippen molar-refractivity contribution >= 4 is 64.2 Å². The van der Waals surface area contributed by atoms with Crippen LogP contribution in [0.5, 0.6) is 0 Å². The molecule has 0 bridgehead atoms. The summed E-state index contributed by atoms with van der Waals surface area (Å²) in [6, 6.07) is 5.69. The number of carbonyl (C=O) groups is 6. The molecule has 2 heterocycles. The van der Waals surface area contributed by atoms with Crippen LogP contribution in [0.3, 0.4) is 0 Å². The molecule has 68 heavy (non-hydrogen) atoms. The normalized spacial score (nSPS) is 11.4. The molecule has 4 amide bonds. The fourth-order valence-electron chi connectivity index (χ4n) is 6.13. The lowest BCUT2D eigenvalue weighted by atomic mass is 10.1. The van der Waals surface area contributed by atoms with Gasteiger partial charge in [0.15, 0.2) is 17.0 Å². The highest BCUT2D eigenvalue weighted by molar-refractivity contribution is 5.97. The first-order valence-corrected chi connectivity index (χ1v) is 22.9. The Bertz CT molecular complexity index is 2030. The molecule has 0 aliphatic carbocycles. The molecule has 0 fully saturated rings. The molecule has 0 unspecified atom stereocenters. The van der Waals surface area contributed by atoms with E-state index in [9.17, 15) is 28.8 Å². The molecular formula is C46H73N11O11. The SMILES string of the molecule is CCCN(CCCNC(=O)CC[C@@H](NC(=O)c1ccc(N(C)Cc2cnc3nc(N)nc(N)c3n2)cc1)C(=O)OC(C)(C)C)C(=O)CCC(=O)OCC.CCNC(=O)CCOCCOCCOC. The molecule has 0 saturated heterocycles. The van der Waals surface area contributed by atoms with Crippen LogP contribution in [0.4, 0.5) is 17.5 Å². The van der Waals surface area contributed by atoms with Gasteiger partial charge in [-0.05, 0) is 78.1 Å². The Morgan fingerprint density at radius 2 is 1.49 bits per heavy atom. The molecule has 0 aliphatic rings. The summed E-state index contributed by atoms with van der Waals surface area (Å²) in [5, 5.41) is 8.24. The van der Waals surface area contributed by atoms with Crippen LogP contribution < -0.4 is 32.3 Å². The van der Waals surface area contributed by atoms with Gasteiger partial charge in [-0.25, -0.2) is 14.8 Å². The standard InChI is InChI=1S/C36H52N10O7.C10H21NO4/c1-7-19-46(28(48)16-17-29(49)52-8-2)20-9-18-39-27(47)15-14-26(34(51)53-36(3,4)5)42-33(50)23-10-12-25(13-11-23)45(6)22-24-21-40-32-30(41-24)31(37)43-35(38)44-32;1-3-11-10(12)4-5-14-8-9-15-7-6-13-2/h10-13,21,26H,7-9,14-20,22H2,1-6H3,(H,39,47)(H,42,50)(H4,37,38,40,43,44);3-9H2,1-2H3,(H,11,12)/t26-;/m1./s1. The smallest absolute Gasteiger partial charge is 0.329 e. The zero-order chi connectivity index (χ0) is 50.5. The number of fused-ring (bicyclic) bond motifs is 1. The number of methoxy groups -OCH3 is 1. The van der Waals surface area contributed by atoms with Gasteiger partial charge in [-0.15, -0.1) is 0 Å². The summed E-state index contributed by atoms with van der Waals surface area (Å²) in [6.45, 7) is 15.9. The highest BCUT2D eigenvalue weighted by Crippen LogP contribution is 2.19.